The molecule has 0 aliphatic rings. The average Bonchev–Trinajstić information content (AvgIpc) is 2.32. The summed E-state index contributed by atoms with van der Waals surface area (Å²) in [6, 6.07) is 7.16. The van der Waals surface area contributed by atoms with E-state index in [0.717, 1.165) is 11.1 Å². The van der Waals surface area contributed by atoms with Crippen LogP contribution in [-0.4, -0.2) is 10.8 Å². The van der Waals surface area contributed by atoms with Gasteiger partial charge in [-0.25, -0.2) is 0 Å². The van der Waals surface area contributed by atoms with Crippen LogP contribution in [0.2, 0.25) is 5.02 Å². The molecule has 0 fully saturated rings. The predicted molar refractivity (Wildman–Crippen MR) is 68.6 cm³/mol. The number of aryl methyl sites for hydroxylation is 2. The van der Waals surface area contributed by atoms with Crippen molar-refractivity contribution in [1.82, 2.24) is 4.98 Å². The van der Waals surface area contributed by atoms with E-state index >= 15 is 0 Å². The van der Waals surface area contributed by atoms with Gasteiger partial charge in [-0.05, 0) is 43.2 Å². The molecule has 0 unspecified atom stereocenters. The van der Waals surface area contributed by atoms with Crippen LogP contribution in [0, 0.1) is 13.8 Å². The smallest absolute Gasteiger partial charge is 0.195 e. The lowest BCUT2D eigenvalue weighted by Crippen LogP contribution is -2.06. The van der Waals surface area contributed by atoms with E-state index in [1.165, 1.54) is 0 Å². The number of halogens is 1. The molecule has 0 N–H and O–H groups in total. The zero-order chi connectivity index (χ0) is 12.4. The number of carbonyl (C=O) groups excluding carboxylic acids is 1. The number of carbonyl (C=O) groups is 1. The molecule has 17 heavy (non-hydrogen) atoms. The average molecular weight is 246 g/mol. The SMILES string of the molecule is Cc1ccncc1C(=O)c1cc(Cl)ccc1C. The van der Waals surface area contributed by atoms with E-state index in [-0.39, 0.29) is 5.78 Å². The van der Waals surface area contributed by atoms with Gasteiger partial charge in [0.25, 0.3) is 0 Å². The van der Waals surface area contributed by atoms with Crippen molar-refractivity contribution in [2.75, 3.05) is 0 Å². The van der Waals surface area contributed by atoms with Gasteiger partial charge in [0.05, 0.1) is 0 Å². The number of pyridine rings is 1. The lowest BCUT2D eigenvalue weighted by molar-refractivity contribution is 0.103. The summed E-state index contributed by atoms with van der Waals surface area (Å²) in [6.07, 6.45) is 3.27. The molecule has 1 heterocycles. The second kappa shape index (κ2) is 4.68. The van der Waals surface area contributed by atoms with Crippen LogP contribution in [0.4, 0.5) is 0 Å². The molecule has 86 valence electrons. The summed E-state index contributed by atoms with van der Waals surface area (Å²) < 4.78 is 0. The molecule has 0 saturated carbocycles. The van der Waals surface area contributed by atoms with Crippen molar-refractivity contribution < 1.29 is 4.79 Å². The van der Waals surface area contributed by atoms with Crippen LogP contribution in [-0.2, 0) is 0 Å². The molecule has 1 aromatic carbocycles. The summed E-state index contributed by atoms with van der Waals surface area (Å²) in [6.45, 7) is 3.80. The molecule has 0 aliphatic carbocycles. The monoisotopic (exact) mass is 245 g/mol. The van der Waals surface area contributed by atoms with Crippen molar-refractivity contribution in [3.63, 3.8) is 0 Å². The minimum Gasteiger partial charge on any atom is -0.289 e. The summed E-state index contributed by atoms with van der Waals surface area (Å²) in [7, 11) is 0. The third kappa shape index (κ3) is 2.37. The fraction of sp³-hybridized carbons (Fsp3) is 0.143. The highest BCUT2D eigenvalue weighted by molar-refractivity contribution is 6.31. The Morgan fingerprint density at radius 1 is 1.12 bits per heavy atom. The van der Waals surface area contributed by atoms with E-state index in [2.05, 4.69) is 4.98 Å². The minimum atomic E-state index is -0.0319. The number of rotatable bonds is 2. The first-order valence-electron chi connectivity index (χ1n) is 5.31. The van der Waals surface area contributed by atoms with Crippen molar-refractivity contribution in [3.8, 4) is 0 Å². The van der Waals surface area contributed by atoms with Crippen LogP contribution in [0.3, 0.4) is 0 Å². The van der Waals surface area contributed by atoms with E-state index in [1.807, 2.05) is 26.0 Å². The Bertz CT molecular complexity index is 578. The first-order valence-corrected chi connectivity index (χ1v) is 5.69. The van der Waals surface area contributed by atoms with E-state index in [0.29, 0.717) is 16.1 Å². The maximum Gasteiger partial charge on any atom is 0.195 e. The number of hydrogen-bond acceptors (Lipinski definition) is 2. The first kappa shape index (κ1) is 11.8. The molecule has 3 heteroatoms. The molecule has 1 aromatic heterocycles. The molecule has 2 rings (SSSR count). The van der Waals surface area contributed by atoms with Gasteiger partial charge in [-0.3, -0.25) is 9.78 Å². The number of hydrogen-bond donors (Lipinski definition) is 0. The molecular weight excluding hydrogens is 234 g/mol. The zero-order valence-corrected chi connectivity index (χ0v) is 10.5. The topological polar surface area (TPSA) is 30.0 Å². The number of aromatic nitrogens is 1. The van der Waals surface area contributed by atoms with Crippen LogP contribution in [0.5, 0.6) is 0 Å². The van der Waals surface area contributed by atoms with E-state index in [4.69, 9.17) is 11.6 Å². The lowest BCUT2D eigenvalue weighted by atomic mass is 9.98. The molecule has 0 saturated heterocycles. The molecule has 2 aromatic rings. The van der Waals surface area contributed by atoms with Gasteiger partial charge in [0, 0.05) is 28.5 Å². The predicted octanol–water partition coefficient (Wildman–Crippen LogP) is 3.58. The van der Waals surface area contributed by atoms with Gasteiger partial charge in [-0.2, -0.15) is 0 Å². The molecule has 0 atom stereocenters. The van der Waals surface area contributed by atoms with Crippen LogP contribution in [0.1, 0.15) is 27.0 Å². The summed E-state index contributed by atoms with van der Waals surface area (Å²) in [5.41, 5.74) is 3.10. The second-order valence-electron chi connectivity index (χ2n) is 3.98. The van der Waals surface area contributed by atoms with E-state index in [1.54, 1.807) is 24.5 Å². The van der Waals surface area contributed by atoms with Crippen molar-refractivity contribution in [2.45, 2.75) is 13.8 Å². The highest BCUT2D eigenvalue weighted by atomic mass is 35.5. The molecule has 0 aliphatic heterocycles. The Hall–Kier alpha value is -1.67. The van der Waals surface area contributed by atoms with Crippen LogP contribution in [0.25, 0.3) is 0 Å². The Kier molecular flexibility index (Phi) is 3.25. The third-order valence-electron chi connectivity index (χ3n) is 2.73. The standard InChI is InChI=1S/C14H12ClNO/c1-9-3-4-11(15)7-12(9)14(17)13-8-16-6-5-10(13)2/h3-8H,1-2H3. The molecule has 0 bridgehead atoms. The Morgan fingerprint density at radius 2 is 1.82 bits per heavy atom. The first-order chi connectivity index (χ1) is 8.09. The second-order valence-corrected chi connectivity index (χ2v) is 4.42. The number of ketones is 1. The number of benzene rings is 1. The highest BCUT2D eigenvalue weighted by Gasteiger charge is 2.14. The van der Waals surface area contributed by atoms with Gasteiger partial charge < -0.3 is 0 Å². The summed E-state index contributed by atoms with van der Waals surface area (Å²) in [5, 5.41) is 0.570. The van der Waals surface area contributed by atoms with Crippen molar-refractivity contribution in [3.05, 3.63) is 63.9 Å². The normalized spacial score (nSPS) is 10.3. The van der Waals surface area contributed by atoms with Gasteiger partial charge >= 0.3 is 0 Å². The van der Waals surface area contributed by atoms with Crippen molar-refractivity contribution in [1.29, 1.82) is 0 Å². The maximum atomic E-state index is 12.3. The quantitative estimate of drug-likeness (QED) is 0.757. The Labute approximate surface area is 105 Å². The Morgan fingerprint density at radius 3 is 2.53 bits per heavy atom. The summed E-state index contributed by atoms with van der Waals surface area (Å²) in [4.78, 5) is 16.3. The van der Waals surface area contributed by atoms with Gasteiger partial charge in [-0.15, -0.1) is 0 Å². The molecule has 0 spiro atoms. The summed E-state index contributed by atoms with van der Waals surface area (Å²) >= 11 is 5.92. The zero-order valence-electron chi connectivity index (χ0n) is 9.70. The number of nitrogens with zero attached hydrogens (tertiary/aromatic N) is 1. The van der Waals surface area contributed by atoms with Crippen LogP contribution in [0.15, 0.2) is 36.7 Å². The van der Waals surface area contributed by atoms with Gasteiger partial charge in [-0.1, -0.05) is 17.7 Å². The van der Waals surface area contributed by atoms with Gasteiger partial charge in [0.2, 0.25) is 0 Å². The van der Waals surface area contributed by atoms with Gasteiger partial charge in [0.1, 0.15) is 0 Å². The largest absolute Gasteiger partial charge is 0.289 e. The van der Waals surface area contributed by atoms with Crippen LogP contribution >= 0.6 is 11.6 Å². The Balaban J connectivity index is 2.51. The van der Waals surface area contributed by atoms with Gasteiger partial charge in [0.15, 0.2) is 5.78 Å². The maximum absolute atomic E-state index is 12.3. The van der Waals surface area contributed by atoms with Crippen molar-refractivity contribution >= 4 is 17.4 Å². The fourth-order valence-corrected chi connectivity index (χ4v) is 1.86. The lowest BCUT2D eigenvalue weighted by Gasteiger charge is -2.07. The molecule has 2 nitrogen and oxygen atoms in total. The molecular formula is C14H12ClNO. The van der Waals surface area contributed by atoms with Crippen molar-refractivity contribution in [2.24, 2.45) is 0 Å². The molecule has 0 amide bonds. The van der Waals surface area contributed by atoms with E-state index < -0.39 is 0 Å². The van der Waals surface area contributed by atoms with E-state index in [9.17, 15) is 4.79 Å². The van der Waals surface area contributed by atoms with Crippen LogP contribution < -0.4 is 0 Å². The fourth-order valence-electron chi connectivity index (χ4n) is 1.69. The highest BCUT2D eigenvalue weighted by Crippen LogP contribution is 2.20. The minimum absolute atomic E-state index is 0.0319. The molecule has 0 radical (unpaired) electrons. The third-order valence-corrected chi connectivity index (χ3v) is 2.96. The summed E-state index contributed by atoms with van der Waals surface area (Å²) in [5.74, 6) is -0.0319.